The van der Waals surface area contributed by atoms with Gasteiger partial charge in [0.1, 0.15) is 0 Å². The number of benzene rings is 1. The lowest BCUT2D eigenvalue weighted by Gasteiger charge is -2.06. The summed E-state index contributed by atoms with van der Waals surface area (Å²) in [5.41, 5.74) is -1.13. The minimum atomic E-state index is -1.46. The minimum Gasteiger partial charge on any atom is -0.863 e. The molecule has 0 saturated carbocycles. The van der Waals surface area contributed by atoms with E-state index in [1.54, 1.807) is 12.4 Å². The summed E-state index contributed by atoms with van der Waals surface area (Å²) in [7, 11) is 0. The molecule has 12 nitrogen and oxygen atoms in total. The summed E-state index contributed by atoms with van der Waals surface area (Å²) in [5, 5.41) is 51.0. The molecule has 0 unspecified atom stereocenters. The zero-order valence-electron chi connectivity index (χ0n) is 13.0. The molecule has 2 aromatic rings. The first-order valence-electron chi connectivity index (χ1n) is 6.50. The molecule has 0 atom stereocenters. The molecule has 1 aromatic heterocycles. The van der Waals surface area contributed by atoms with Crippen LogP contribution < -0.4 is 9.84 Å². The number of rotatable bonds is 3. The Hall–Kier alpha value is -3.83. The van der Waals surface area contributed by atoms with Crippen LogP contribution in [-0.2, 0) is 0 Å². The fourth-order valence-corrected chi connectivity index (χ4v) is 1.85. The molecule has 0 aliphatic rings. The number of non-ortho nitro benzene ring substituents is 1. The van der Waals surface area contributed by atoms with E-state index in [0.29, 0.717) is 12.1 Å². The Morgan fingerprint density at radius 1 is 0.840 bits per heavy atom. The molecule has 0 bridgehead atoms. The fourth-order valence-electron chi connectivity index (χ4n) is 1.85. The third kappa shape index (κ3) is 5.09. The molecule has 1 aromatic carbocycles. The Kier molecular flexibility index (Phi) is 5.86. The van der Waals surface area contributed by atoms with Crippen molar-refractivity contribution < 1.29 is 29.8 Å². The van der Waals surface area contributed by atoms with Gasteiger partial charge in [0.15, 0.2) is 0 Å². The van der Waals surface area contributed by atoms with Crippen LogP contribution in [0, 0.1) is 44.2 Å². The molecule has 2 rings (SSSR count). The molecule has 0 fully saturated rings. The Balaban J connectivity index is 0.000000293. The van der Waals surface area contributed by atoms with E-state index in [2.05, 4.69) is 0 Å². The van der Waals surface area contributed by atoms with Gasteiger partial charge >= 0.3 is 0 Å². The maximum atomic E-state index is 11.1. The molecule has 0 aliphatic carbocycles. The van der Waals surface area contributed by atoms with Gasteiger partial charge in [-0.05, 0) is 19.9 Å². The molecule has 1 heterocycles. The second-order valence-corrected chi connectivity index (χ2v) is 4.86. The smallest absolute Gasteiger partial charge is 0.283 e. The van der Waals surface area contributed by atoms with Crippen molar-refractivity contribution >= 4 is 17.1 Å². The van der Waals surface area contributed by atoms with Gasteiger partial charge < -0.3 is 5.11 Å². The van der Waals surface area contributed by atoms with E-state index in [0.717, 1.165) is 15.9 Å². The monoisotopic (exact) mass is 352 g/mol. The minimum absolute atomic E-state index is 0.384. The Bertz CT molecular complexity index is 766. The average molecular weight is 352 g/mol. The number of pyridine rings is 1. The van der Waals surface area contributed by atoms with Crippen molar-refractivity contribution in [2.75, 3.05) is 0 Å². The van der Waals surface area contributed by atoms with Gasteiger partial charge in [-0.15, -0.1) is 0 Å². The molecule has 25 heavy (non-hydrogen) atoms. The van der Waals surface area contributed by atoms with Crippen LogP contribution >= 0.6 is 0 Å². The second-order valence-electron chi connectivity index (χ2n) is 4.86. The maximum absolute atomic E-state index is 11.1. The van der Waals surface area contributed by atoms with Crippen molar-refractivity contribution in [2.24, 2.45) is 0 Å². The van der Waals surface area contributed by atoms with Crippen LogP contribution in [0.1, 0.15) is 11.1 Å². The summed E-state index contributed by atoms with van der Waals surface area (Å²) in [5.74, 6) is -1.46. The van der Waals surface area contributed by atoms with E-state index in [9.17, 15) is 35.4 Å². The van der Waals surface area contributed by atoms with Crippen LogP contribution in [0.5, 0.6) is 5.75 Å². The van der Waals surface area contributed by atoms with Crippen molar-refractivity contribution in [3.63, 3.8) is 0 Å². The highest BCUT2D eigenvalue weighted by atomic mass is 16.6. The molecule has 12 heteroatoms. The van der Waals surface area contributed by atoms with Gasteiger partial charge in [0.2, 0.25) is 12.4 Å². The van der Waals surface area contributed by atoms with Gasteiger partial charge in [0.05, 0.1) is 32.7 Å². The van der Waals surface area contributed by atoms with Crippen LogP contribution in [-0.4, -0.2) is 20.0 Å². The largest absolute Gasteiger partial charge is 0.863 e. The Morgan fingerprint density at radius 3 is 1.52 bits per heavy atom. The van der Waals surface area contributed by atoms with Crippen molar-refractivity contribution in [1.29, 1.82) is 0 Å². The van der Waals surface area contributed by atoms with Crippen molar-refractivity contribution in [1.82, 2.24) is 0 Å². The van der Waals surface area contributed by atoms with Crippen LogP contribution in [0.15, 0.2) is 30.6 Å². The molecule has 1 N–H and O–H groups in total. The van der Waals surface area contributed by atoms with Gasteiger partial charge in [-0.3, -0.25) is 35.6 Å². The standard InChI is InChI=1S/C7H10NO.C6H3N3O7/c1-6-3-7(2)5-8(9)4-6;10-6-4(8(13)14)1-3(7(11)12)2-5(6)9(15)16/h3-5,9H,1-2H3;1-2,10H/q+1;/p-1. The van der Waals surface area contributed by atoms with Crippen LogP contribution in [0.4, 0.5) is 17.1 Å². The summed E-state index contributed by atoms with van der Waals surface area (Å²) in [6.45, 7) is 3.89. The predicted molar refractivity (Wildman–Crippen MR) is 79.1 cm³/mol. The van der Waals surface area contributed by atoms with Crippen molar-refractivity contribution in [2.45, 2.75) is 13.8 Å². The number of hydrogen-bond donors (Lipinski definition) is 1. The van der Waals surface area contributed by atoms with Crippen molar-refractivity contribution in [3.8, 4) is 5.75 Å². The first-order chi connectivity index (χ1) is 11.5. The van der Waals surface area contributed by atoms with Gasteiger partial charge in [0.25, 0.3) is 17.1 Å². The third-order valence-electron chi connectivity index (χ3n) is 2.77. The first kappa shape index (κ1) is 19.2. The molecular formula is C13H12N4O8. The molecule has 0 saturated heterocycles. The van der Waals surface area contributed by atoms with E-state index in [4.69, 9.17) is 5.21 Å². The Labute approximate surface area is 139 Å². The number of hydrogen-bond acceptors (Lipinski definition) is 8. The lowest BCUT2D eigenvalue weighted by molar-refractivity contribution is -0.905. The van der Waals surface area contributed by atoms with Gasteiger partial charge in [-0.2, -0.15) is 0 Å². The molecule has 0 amide bonds. The zero-order chi connectivity index (χ0) is 19.3. The number of nitro benzene ring substituents is 3. The van der Waals surface area contributed by atoms with Gasteiger partial charge in [-0.1, -0.05) is 0 Å². The maximum Gasteiger partial charge on any atom is 0.283 e. The van der Waals surface area contributed by atoms with E-state index in [1.165, 1.54) is 0 Å². The first-order valence-corrected chi connectivity index (χ1v) is 6.50. The van der Waals surface area contributed by atoms with E-state index < -0.39 is 37.6 Å². The topological polar surface area (TPSA) is 177 Å². The average Bonchev–Trinajstić information content (AvgIpc) is 2.45. The highest BCUT2D eigenvalue weighted by Crippen LogP contribution is 2.36. The van der Waals surface area contributed by atoms with Crippen LogP contribution in [0.25, 0.3) is 0 Å². The van der Waals surface area contributed by atoms with Crippen LogP contribution in [0.2, 0.25) is 0 Å². The molecule has 0 spiro atoms. The molecular weight excluding hydrogens is 340 g/mol. The summed E-state index contributed by atoms with van der Waals surface area (Å²) in [6.07, 6.45) is 3.32. The summed E-state index contributed by atoms with van der Waals surface area (Å²) in [6, 6.07) is 2.78. The third-order valence-corrected chi connectivity index (χ3v) is 2.77. The van der Waals surface area contributed by atoms with Gasteiger partial charge in [0, 0.05) is 15.9 Å². The lowest BCUT2D eigenvalue weighted by Crippen LogP contribution is -2.29. The zero-order valence-corrected chi connectivity index (χ0v) is 13.0. The summed E-state index contributed by atoms with van der Waals surface area (Å²) >= 11 is 0. The second kappa shape index (κ2) is 7.63. The SMILES string of the molecule is Cc1cc(C)c[n+](O)c1.O=[N+]([O-])c1cc([N+](=O)[O-])c([O-])c([N+](=O)[O-])c1. The number of aryl methyl sites for hydroxylation is 2. The number of aromatic nitrogens is 1. The normalized spacial score (nSPS) is 9.68. The lowest BCUT2D eigenvalue weighted by atomic mass is 10.2. The fraction of sp³-hybridized carbons (Fsp3) is 0.154. The highest BCUT2D eigenvalue weighted by Gasteiger charge is 2.24. The summed E-state index contributed by atoms with van der Waals surface area (Å²) < 4.78 is 1.07. The molecule has 132 valence electrons. The van der Waals surface area contributed by atoms with E-state index in [-0.39, 0.29) is 0 Å². The summed E-state index contributed by atoms with van der Waals surface area (Å²) in [4.78, 5) is 27.5. The quantitative estimate of drug-likeness (QED) is 0.372. The highest BCUT2D eigenvalue weighted by molar-refractivity contribution is 5.63. The van der Waals surface area contributed by atoms with Crippen molar-refractivity contribution in [3.05, 3.63) is 72.1 Å². The van der Waals surface area contributed by atoms with Crippen LogP contribution in [0.3, 0.4) is 0 Å². The van der Waals surface area contributed by atoms with Gasteiger partial charge in [-0.25, -0.2) is 0 Å². The number of nitro groups is 3. The predicted octanol–water partition coefficient (Wildman–Crippen LogP) is 1.31. The molecule has 0 aliphatic heterocycles. The molecule has 0 radical (unpaired) electrons. The van der Waals surface area contributed by atoms with E-state index in [1.807, 2.05) is 19.9 Å². The Morgan fingerprint density at radius 2 is 1.24 bits per heavy atom. The van der Waals surface area contributed by atoms with E-state index >= 15 is 0 Å². The number of nitrogens with zero attached hydrogens (tertiary/aromatic N) is 4.